The normalized spacial score (nSPS) is 10.3. The summed E-state index contributed by atoms with van der Waals surface area (Å²) in [5.41, 5.74) is 0.921. The first-order chi connectivity index (χ1) is 9.11. The lowest BCUT2D eigenvalue weighted by atomic mass is 10.3. The van der Waals surface area contributed by atoms with Crippen LogP contribution >= 0.6 is 47.8 Å². The largest absolute Gasteiger partial charge is 0.354 e. The summed E-state index contributed by atoms with van der Waals surface area (Å²) in [5.74, 6) is 1.30. The highest BCUT2D eigenvalue weighted by Crippen LogP contribution is 2.34. The molecule has 1 heterocycles. The SMILES string of the molecule is CCNc1ncc(Br)c(Nc2c(Br)cccc2Br)n1. The topological polar surface area (TPSA) is 49.8 Å². The van der Waals surface area contributed by atoms with Crippen LogP contribution in [0.4, 0.5) is 17.5 Å². The monoisotopic (exact) mass is 448 g/mol. The van der Waals surface area contributed by atoms with Crippen molar-refractivity contribution in [3.8, 4) is 0 Å². The molecule has 1 aromatic carbocycles. The third-order valence-corrected chi connectivity index (χ3v) is 4.19. The Morgan fingerprint density at radius 3 is 2.42 bits per heavy atom. The van der Waals surface area contributed by atoms with E-state index < -0.39 is 0 Å². The van der Waals surface area contributed by atoms with Gasteiger partial charge in [-0.1, -0.05) is 6.07 Å². The number of nitrogens with one attached hydrogen (secondary N) is 2. The number of aromatic nitrogens is 2. The zero-order valence-corrected chi connectivity index (χ0v) is 14.8. The first-order valence-corrected chi connectivity index (χ1v) is 7.97. The van der Waals surface area contributed by atoms with E-state index in [9.17, 15) is 0 Å². The van der Waals surface area contributed by atoms with Crippen LogP contribution in [0.3, 0.4) is 0 Å². The predicted octanol–water partition coefficient (Wildman–Crippen LogP) is 4.94. The fraction of sp³-hybridized carbons (Fsp3) is 0.167. The number of benzene rings is 1. The van der Waals surface area contributed by atoms with E-state index in [1.165, 1.54) is 0 Å². The fourth-order valence-corrected chi connectivity index (χ4v) is 2.92. The Labute approximate surface area is 136 Å². The quantitative estimate of drug-likeness (QED) is 0.692. The molecule has 2 rings (SSSR count). The third-order valence-electron chi connectivity index (χ3n) is 2.29. The average molecular weight is 451 g/mol. The summed E-state index contributed by atoms with van der Waals surface area (Å²) < 4.78 is 2.71. The molecule has 2 N–H and O–H groups in total. The molecule has 0 spiro atoms. The summed E-state index contributed by atoms with van der Waals surface area (Å²) in [7, 11) is 0. The van der Waals surface area contributed by atoms with Crippen molar-refractivity contribution in [2.45, 2.75) is 6.92 Å². The van der Waals surface area contributed by atoms with E-state index in [1.807, 2.05) is 25.1 Å². The van der Waals surface area contributed by atoms with Gasteiger partial charge in [-0.05, 0) is 66.8 Å². The second-order valence-corrected chi connectivity index (χ2v) is 6.21. The molecular formula is C12H11Br3N4. The van der Waals surface area contributed by atoms with Gasteiger partial charge in [0.15, 0.2) is 0 Å². The molecule has 4 nitrogen and oxygen atoms in total. The fourth-order valence-electron chi connectivity index (χ4n) is 1.43. The molecule has 0 aliphatic heterocycles. The summed E-state index contributed by atoms with van der Waals surface area (Å²) in [4.78, 5) is 8.60. The zero-order chi connectivity index (χ0) is 13.8. The van der Waals surface area contributed by atoms with Crippen molar-refractivity contribution < 1.29 is 0 Å². The maximum absolute atomic E-state index is 4.42. The molecular weight excluding hydrogens is 440 g/mol. The summed E-state index contributed by atoms with van der Waals surface area (Å²) in [6, 6.07) is 5.89. The second kappa shape index (κ2) is 6.67. The van der Waals surface area contributed by atoms with Crippen molar-refractivity contribution in [1.82, 2.24) is 9.97 Å². The maximum Gasteiger partial charge on any atom is 0.224 e. The Hall–Kier alpha value is -0.660. The molecule has 0 unspecified atom stereocenters. The van der Waals surface area contributed by atoms with Crippen LogP contribution in [0.1, 0.15) is 6.92 Å². The second-order valence-electron chi connectivity index (χ2n) is 3.64. The third kappa shape index (κ3) is 3.67. The van der Waals surface area contributed by atoms with Gasteiger partial charge in [-0.3, -0.25) is 0 Å². The molecule has 0 fully saturated rings. The van der Waals surface area contributed by atoms with E-state index in [1.54, 1.807) is 6.20 Å². The highest BCUT2D eigenvalue weighted by atomic mass is 79.9. The van der Waals surface area contributed by atoms with Crippen molar-refractivity contribution in [3.63, 3.8) is 0 Å². The number of hydrogen-bond acceptors (Lipinski definition) is 4. The summed E-state index contributed by atoms with van der Waals surface area (Å²) >= 11 is 10.5. The number of halogens is 3. The van der Waals surface area contributed by atoms with E-state index in [2.05, 4.69) is 68.4 Å². The van der Waals surface area contributed by atoms with E-state index in [4.69, 9.17) is 0 Å². The summed E-state index contributed by atoms with van der Waals surface area (Å²) in [5, 5.41) is 6.36. The highest BCUT2D eigenvalue weighted by molar-refractivity contribution is 9.11. The van der Waals surface area contributed by atoms with Gasteiger partial charge in [0.2, 0.25) is 5.95 Å². The van der Waals surface area contributed by atoms with Gasteiger partial charge in [0.1, 0.15) is 5.82 Å². The molecule has 7 heteroatoms. The van der Waals surface area contributed by atoms with Crippen molar-refractivity contribution in [2.75, 3.05) is 17.2 Å². The van der Waals surface area contributed by atoms with Crippen molar-refractivity contribution in [1.29, 1.82) is 0 Å². The van der Waals surface area contributed by atoms with Crippen LogP contribution < -0.4 is 10.6 Å². The summed E-state index contributed by atoms with van der Waals surface area (Å²) in [6.07, 6.45) is 1.72. The predicted molar refractivity (Wildman–Crippen MR) is 89.0 cm³/mol. The van der Waals surface area contributed by atoms with Crippen molar-refractivity contribution in [2.24, 2.45) is 0 Å². The first kappa shape index (κ1) is 14.7. The van der Waals surface area contributed by atoms with E-state index in [0.717, 1.165) is 25.7 Å². The van der Waals surface area contributed by atoms with E-state index in [0.29, 0.717) is 11.8 Å². The van der Waals surface area contributed by atoms with Gasteiger partial charge in [0, 0.05) is 21.7 Å². The molecule has 0 saturated carbocycles. The van der Waals surface area contributed by atoms with Gasteiger partial charge in [-0.2, -0.15) is 4.98 Å². The van der Waals surface area contributed by atoms with Crippen molar-refractivity contribution in [3.05, 3.63) is 37.8 Å². The Morgan fingerprint density at radius 1 is 1.11 bits per heavy atom. The number of hydrogen-bond donors (Lipinski definition) is 2. The van der Waals surface area contributed by atoms with Gasteiger partial charge in [-0.25, -0.2) is 4.98 Å². The van der Waals surface area contributed by atoms with Crippen LogP contribution in [0.2, 0.25) is 0 Å². The number of anilines is 3. The molecule has 1 aromatic heterocycles. The molecule has 100 valence electrons. The smallest absolute Gasteiger partial charge is 0.224 e. The van der Waals surface area contributed by atoms with Gasteiger partial charge < -0.3 is 10.6 Å². The maximum atomic E-state index is 4.42. The van der Waals surface area contributed by atoms with Gasteiger partial charge in [-0.15, -0.1) is 0 Å². The molecule has 0 aliphatic carbocycles. The van der Waals surface area contributed by atoms with Gasteiger partial charge in [0.05, 0.1) is 10.2 Å². The minimum absolute atomic E-state index is 0.594. The zero-order valence-electron chi connectivity index (χ0n) is 10.0. The lowest BCUT2D eigenvalue weighted by molar-refractivity contribution is 1.08. The molecule has 0 bridgehead atoms. The molecule has 0 saturated heterocycles. The molecule has 0 aliphatic rings. The highest BCUT2D eigenvalue weighted by Gasteiger charge is 2.09. The van der Waals surface area contributed by atoms with Crippen molar-refractivity contribution >= 4 is 65.2 Å². The lowest BCUT2D eigenvalue weighted by Crippen LogP contribution is -2.05. The van der Waals surface area contributed by atoms with E-state index >= 15 is 0 Å². The minimum atomic E-state index is 0.594. The average Bonchev–Trinajstić information content (AvgIpc) is 2.38. The van der Waals surface area contributed by atoms with Crippen LogP contribution in [-0.4, -0.2) is 16.5 Å². The number of nitrogens with zero attached hydrogens (tertiary/aromatic N) is 2. The Bertz CT molecular complexity index is 569. The molecule has 0 amide bonds. The minimum Gasteiger partial charge on any atom is -0.354 e. The molecule has 0 radical (unpaired) electrons. The lowest BCUT2D eigenvalue weighted by Gasteiger charge is -2.12. The Morgan fingerprint density at radius 2 is 1.79 bits per heavy atom. The Kier molecular flexibility index (Phi) is 5.18. The van der Waals surface area contributed by atoms with Gasteiger partial charge in [0.25, 0.3) is 0 Å². The molecule has 2 aromatic rings. The van der Waals surface area contributed by atoms with Crippen LogP contribution in [-0.2, 0) is 0 Å². The first-order valence-electron chi connectivity index (χ1n) is 5.59. The van der Waals surface area contributed by atoms with Crippen LogP contribution in [0, 0.1) is 0 Å². The van der Waals surface area contributed by atoms with Crippen LogP contribution in [0.5, 0.6) is 0 Å². The van der Waals surface area contributed by atoms with Gasteiger partial charge >= 0.3 is 0 Å². The Balaban J connectivity index is 2.35. The molecule has 0 atom stereocenters. The van der Waals surface area contributed by atoms with Crippen LogP contribution in [0.15, 0.2) is 37.8 Å². The summed E-state index contributed by atoms with van der Waals surface area (Å²) in [6.45, 7) is 2.78. The standard InChI is InChI=1S/C12H11Br3N4/c1-2-16-12-17-6-9(15)11(19-12)18-10-7(13)4-3-5-8(10)14/h3-6H,2H2,1H3,(H2,16,17,18,19). The molecule has 19 heavy (non-hydrogen) atoms. The van der Waals surface area contributed by atoms with Crippen LogP contribution in [0.25, 0.3) is 0 Å². The number of rotatable bonds is 4. The van der Waals surface area contributed by atoms with E-state index in [-0.39, 0.29) is 0 Å². The number of para-hydroxylation sites is 1.